The van der Waals surface area contributed by atoms with Gasteiger partial charge in [-0.15, -0.1) is 0 Å². The van der Waals surface area contributed by atoms with Crippen molar-refractivity contribution in [3.63, 3.8) is 0 Å². The summed E-state index contributed by atoms with van der Waals surface area (Å²) in [6.07, 6.45) is 5.26. The number of nitrogens with one attached hydrogen (secondary N) is 1. The molecule has 0 aliphatic carbocycles. The lowest BCUT2D eigenvalue weighted by Crippen LogP contribution is -2.43. The van der Waals surface area contributed by atoms with Gasteiger partial charge in [0, 0.05) is 25.2 Å². The lowest BCUT2D eigenvalue weighted by molar-refractivity contribution is 0.0131. The van der Waals surface area contributed by atoms with E-state index in [4.69, 9.17) is 9.57 Å². The molecule has 1 N–H and O–H groups in total. The van der Waals surface area contributed by atoms with Crippen molar-refractivity contribution in [2.45, 2.75) is 39.2 Å². The SMILES string of the molecule is CC(C)(C)OC(=O)N1CCCC(C2=CN(c3ccccn3)NO2)C1. The Morgan fingerprint density at radius 2 is 2.25 bits per heavy atom. The largest absolute Gasteiger partial charge is 0.444 e. The van der Waals surface area contributed by atoms with E-state index in [1.807, 2.05) is 45.2 Å². The van der Waals surface area contributed by atoms with Gasteiger partial charge >= 0.3 is 6.09 Å². The minimum absolute atomic E-state index is 0.146. The number of carbonyl (C=O) groups excluding carboxylic acids is 1. The van der Waals surface area contributed by atoms with Gasteiger partial charge in [0.25, 0.3) is 0 Å². The zero-order valence-corrected chi connectivity index (χ0v) is 14.4. The molecule has 1 fully saturated rings. The molecule has 24 heavy (non-hydrogen) atoms. The Hall–Kier alpha value is -2.28. The molecule has 1 unspecified atom stereocenters. The van der Waals surface area contributed by atoms with Gasteiger partial charge in [0.1, 0.15) is 17.2 Å². The fourth-order valence-corrected chi connectivity index (χ4v) is 2.78. The molecule has 0 spiro atoms. The quantitative estimate of drug-likeness (QED) is 0.898. The van der Waals surface area contributed by atoms with Gasteiger partial charge in [-0.05, 0) is 45.7 Å². The normalized spacial score (nSPS) is 21.3. The number of hydrazine groups is 1. The van der Waals surface area contributed by atoms with Gasteiger partial charge in [-0.1, -0.05) is 11.7 Å². The Labute approximate surface area is 142 Å². The van der Waals surface area contributed by atoms with E-state index in [2.05, 4.69) is 10.6 Å². The number of nitrogens with zero attached hydrogens (tertiary/aromatic N) is 3. The summed E-state index contributed by atoms with van der Waals surface area (Å²) in [4.78, 5) is 23.9. The second kappa shape index (κ2) is 6.68. The van der Waals surface area contributed by atoms with E-state index in [9.17, 15) is 4.79 Å². The van der Waals surface area contributed by atoms with Crippen LogP contribution in [0.2, 0.25) is 0 Å². The first-order valence-electron chi connectivity index (χ1n) is 8.25. The van der Waals surface area contributed by atoms with E-state index in [1.54, 1.807) is 16.1 Å². The number of likely N-dealkylation sites (tertiary alicyclic amines) is 1. The smallest absolute Gasteiger partial charge is 0.410 e. The van der Waals surface area contributed by atoms with Gasteiger partial charge < -0.3 is 14.5 Å². The number of amides is 1. The molecule has 0 bridgehead atoms. The molecule has 1 atom stereocenters. The Morgan fingerprint density at radius 1 is 1.42 bits per heavy atom. The number of carbonyl (C=O) groups is 1. The summed E-state index contributed by atoms with van der Waals surface area (Å²) in [6.45, 7) is 6.95. The number of anilines is 1. The van der Waals surface area contributed by atoms with Crippen molar-refractivity contribution in [3.05, 3.63) is 36.4 Å². The molecule has 0 aromatic carbocycles. The van der Waals surface area contributed by atoms with E-state index in [-0.39, 0.29) is 12.0 Å². The van der Waals surface area contributed by atoms with Crippen LogP contribution < -0.4 is 10.6 Å². The maximum Gasteiger partial charge on any atom is 0.410 e. The molecule has 130 valence electrons. The Bertz CT molecular complexity index is 612. The third-order valence-electron chi connectivity index (χ3n) is 3.89. The van der Waals surface area contributed by atoms with Crippen molar-refractivity contribution in [2.75, 3.05) is 18.1 Å². The Morgan fingerprint density at radius 3 is 2.96 bits per heavy atom. The third kappa shape index (κ3) is 3.97. The molecular weight excluding hydrogens is 308 g/mol. The third-order valence-corrected chi connectivity index (χ3v) is 3.89. The summed E-state index contributed by atoms with van der Waals surface area (Å²) in [5.74, 6) is 1.72. The van der Waals surface area contributed by atoms with E-state index in [0.717, 1.165) is 31.0 Å². The van der Waals surface area contributed by atoms with Crippen LogP contribution in [0.5, 0.6) is 0 Å². The van der Waals surface area contributed by atoms with Crippen LogP contribution in [0.15, 0.2) is 36.4 Å². The van der Waals surface area contributed by atoms with Crippen molar-refractivity contribution < 1.29 is 14.4 Å². The summed E-state index contributed by atoms with van der Waals surface area (Å²) in [5.41, 5.74) is 2.36. The second-order valence-electron chi connectivity index (χ2n) is 7.05. The number of pyridine rings is 1. The van der Waals surface area contributed by atoms with Crippen LogP contribution in [0.25, 0.3) is 0 Å². The highest BCUT2D eigenvalue weighted by atomic mass is 16.7. The van der Waals surface area contributed by atoms with E-state index in [1.165, 1.54) is 0 Å². The summed E-state index contributed by atoms with van der Waals surface area (Å²) < 4.78 is 5.47. The van der Waals surface area contributed by atoms with Crippen LogP contribution in [0.3, 0.4) is 0 Å². The van der Waals surface area contributed by atoms with Gasteiger partial charge in [-0.3, -0.25) is 0 Å². The molecule has 1 amide bonds. The minimum atomic E-state index is -0.482. The molecule has 7 heteroatoms. The lowest BCUT2D eigenvalue weighted by atomic mass is 9.96. The topological polar surface area (TPSA) is 66.9 Å². The van der Waals surface area contributed by atoms with E-state index < -0.39 is 5.60 Å². The van der Waals surface area contributed by atoms with Gasteiger partial charge in [0.05, 0.1) is 6.20 Å². The fourth-order valence-electron chi connectivity index (χ4n) is 2.78. The zero-order valence-electron chi connectivity index (χ0n) is 14.4. The molecule has 3 rings (SSSR count). The molecule has 1 aromatic heterocycles. The average molecular weight is 332 g/mol. The molecular formula is C17H24N4O3. The summed E-state index contributed by atoms with van der Waals surface area (Å²) >= 11 is 0. The predicted molar refractivity (Wildman–Crippen MR) is 89.6 cm³/mol. The molecule has 1 saturated heterocycles. The van der Waals surface area contributed by atoms with Crippen molar-refractivity contribution in [3.8, 4) is 0 Å². The van der Waals surface area contributed by atoms with Crippen molar-refractivity contribution in [1.29, 1.82) is 0 Å². The highest BCUT2D eigenvalue weighted by molar-refractivity contribution is 5.68. The number of rotatable bonds is 2. The first kappa shape index (κ1) is 16.6. The standard InChI is InChI=1S/C17H24N4O3/c1-17(2,3)23-16(22)20-10-6-7-13(11-20)14-12-21(19-24-14)15-8-4-5-9-18-15/h4-5,8-9,12-13,19H,6-7,10-11H2,1-3H3. The number of aromatic nitrogens is 1. The van der Waals surface area contributed by atoms with Gasteiger partial charge in [-0.2, -0.15) is 0 Å². The number of piperidine rings is 1. The van der Waals surface area contributed by atoms with Crippen LogP contribution in [-0.2, 0) is 9.57 Å². The van der Waals surface area contributed by atoms with Crippen molar-refractivity contribution in [1.82, 2.24) is 15.5 Å². The fraction of sp³-hybridized carbons (Fsp3) is 0.529. The number of ether oxygens (including phenoxy) is 1. The highest BCUT2D eigenvalue weighted by Crippen LogP contribution is 2.28. The summed E-state index contributed by atoms with van der Waals surface area (Å²) in [5, 5.41) is 1.74. The van der Waals surface area contributed by atoms with Crippen LogP contribution >= 0.6 is 0 Å². The van der Waals surface area contributed by atoms with Crippen LogP contribution in [0.4, 0.5) is 10.6 Å². The molecule has 7 nitrogen and oxygen atoms in total. The summed E-state index contributed by atoms with van der Waals surface area (Å²) in [7, 11) is 0. The van der Waals surface area contributed by atoms with Crippen molar-refractivity contribution in [2.24, 2.45) is 5.92 Å². The molecule has 0 radical (unpaired) electrons. The van der Waals surface area contributed by atoms with E-state index in [0.29, 0.717) is 6.54 Å². The second-order valence-corrected chi connectivity index (χ2v) is 7.05. The monoisotopic (exact) mass is 332 g/mol. The first-order valence-corrected chi connectivity index (χ1v) is 8.25. The Balaban J connectivity index is 1.64. The van der Waals surface area contributed by atoms with Gasteiger partial charge in [0.2, 0.25) is 0 Å². The molecule has 1 aromatic rings. The van der Waals surface area contributed by atoms with Crippen LogP contribution in [0.1, 0.15) is 33.6 Å². The van der Waals surface area contributed by atoms with Crippen molar-refractivity contribution >= 4 is 11.9 Å². The Kier molecular flexibility index (Phi) is 4.62. The number of hydrogen-bond acceptors (Lipinski definition) is 6. The molecule has 3 heterocycles. The van der Waals surface area contributed by atoms with Crippen LogP contribution in [0, 0.1) is 5.92 Å². The number of hydrogen-bond donors (Lipinski definition) is 1. The van der Waals surface area contributed by atoms with Gasteiger partial charge in [0.15, 0.2) is 0 Å². The molecule has 2 aliphatic heterocycles. The average Bonchev–Trinajstić information content (AvgIpc) is 3.04. The molecule has 2 aliphatic rings. The van der Waals surface area contributed by atoms with Crippen LogP contribution in [-0.4, -0.2) is 34.7 Å². The maximum atomic E-state index is 12.3. The zero-order chi connectivity index (χ0) is 17.2. The predicted octanol–water partition coefficient (Wildman–Crippen LogP) is 2.83. The lowest BCUT2D eigenvalue weighted by Gasteiger charge is -2.33. The minimum Gasteiger partial charge on any atom is -0.444 e. The summed E-state index contributed by atoms with van der Waals surface area (Å²) in [6, 6.07) is 5.68. The maximum absolute atomic E-state index is 12.3. The first-order chi connectivity index (χ1) is 11.4. The van der Waals surface area contributed by atoms with E-state index >= 15 is 0 Å². The molecule has 0 saturated carbocycles. The highest BCUT2D eigenvalue weighted by Gasteiger charge is 2.32. The van der Waals surface area contributed by atoms with Gasteiger partial charge in [-0.25, -0.2) is 14.8 Å².